The van der Waals surface area contributed by atoms with Gasteiger partial charge in [0.1, 0.15) is 11.5 Å². The molecule has 0 aliphatic rings. The summed E-state index contributed by atoms with van der Waals surface area (Å²) in [5, 5.41) is 0. The third-order valence-corrected chi connectivity index (χ3v) is 4.25. The van der Waals surface area contributed by atoms with Crippen LogP contribution < -0.4 is 20.3 Å². The summed E-state index contributed by atoms with van der Waals surface area (Å²) in [6, 6.07) is 13.0. The van der Waals surface area contributed by atoms with Crippen molar-refractivity contribution in [3.63, 3.8) is 0 Å². The van der Waals surface area contributed by atoms with Crippen LogP contribution in [0.4, 0.5) is 0 Å². The number of hydrazine groups is 1. The van der Waals surface area contributed by atoms with Crippen molar-refractivity contribution in [1.82, 2.24) is 10.9 Å². The summed E-state index contributed by atoms with van der Waals surface area (Å²) in [4.78, 5) is 23.5. The van der Waals surface area contributed by atoms with Gasteiger partial charge in [-0.2, -0.15) is 0 Å². The second kappa shape index (κ2) is 9.97. The van der Waals surface area contributed by atoms with Gasteiger partial charge in [-0.25, -0.2) is 0 Å². The molecule has 0 aliphatic heterocycles. The van der Waals surface area contributed by atoms with E-state index in [4.69, 9.17) is 9.47 Å². The first-order valence-electron chi connectivity index (χ1n) is 8.54. The maximum Gasteiger partial charge on any atom is 0.276 e. The van der Waals surface area contributed by atoms with Crippen LogP contribution in [-0.4, -0.2) is 25.0 Å². The van der Waals surface area contributed by atoms with Crippen LogP contribution in [0.2, 0.25) is 0 Å². The topological polar surface area (TPSA) is 76.7 Å². The van der Waals surface area contributed by atoms with Gasteiger partial charge in [0.15, 0.2) is 13.2 Å². The van der Waals surface area contributed by atoms with Crippen molar-refractivity contribution >= 4 is 27.7 Å². The summed E-state index contributed by atoms with van der Waals surface area (Å²) in [7, 11) is 0. The molecule has 144 valence electrons. The molecule has 0 saturated carbocycles. The summed E-state index contributed by atoms with van der Waals surface area (Å²) in [5.74, 6) is 0.701. The zero-order valence-electron chi connectivity index (χ0n) is 15.5. The lowest BCUT2D eigenvalue weighted by Gasteiger charge is -2.11. The van der Waals surface area contributed by atoms with Crippen LogP contribution in [-0.2, 0) is 9.59 Å². The van der Waals surface area contributed by atoms with Gasteiger partial charge in [-0.1, -0.05) is 41.9 Å². The van der Waals surface area contributed by atoms with Gasteiger partial charge in [-0.05, 0) is 54.3 Å². The SMILES string of the molecule is Cc1cc(Br)ccc1OCC(=O)NNC(=O)COc1ccc(C(C)C)cc1. The molecule has 0 aromatic heterocycles. The van der Waals surface area contributed by atoms with Gasteiger partial charge in [0.05, 0.1) is 0 Å². The van der Waals surface area contributed by atoms with Crippen molar-refractivity contribution in [1.29, 1.82) is 0 Å². The molecular weight excluding hydrogens is 412 g/mol. The number of rotatable bonds is 7. The fourth-order valence-electron chi connectivity index (χ4n) is 2.23. The fraction of sp³-hybridized carbons (Fsp3) is 0.300. The minimum atomic E-state index is -0.466. The molecule has 0 heterocycles. The Morgan fingerprint density at radius 1 is 0.963 bits per heavy atom. The van der Waals surface area contributed by atoms with E-state index in [0.717, 1.165) is 10.0 Å². The molecule has 0 atom stereocenters. The lowest BCUT2D eigenvalue weighted by molar-refractivity contribution is -0.131. The monoisotopic (exact) mass is 434 g/mol. The Morgan fingerprint density at radius 2 is 1.56 bits per heavy atom. The summed E-state index contributed by atoms with van der Waals surface area (Å²) < 4.78 is 11.8. The quantitative estimate of drug-likeness (QED) is 0.653. The van der Waals surface area contributed by atoms with E-state index in [1.807, 2.05) is 43.3 Å². The van der Waals surface area contributed by atoms with Crippen molar-refractivity contribution in [3.8, 4) is 11.5 Å². The lowest BCUT2D eigenvalue weighted by atomic mass is 10.0. The van der Waals surface area contributed by atoms with Crippen molar-refractivity contribution < 1.29 is 19.1 Å². The minimum Gasteiger partial charge on any atom is -0.484 e. The van der Waals surface area contributed by atoms with Crippen LogP contribution in [0.15, 0.2) is 46.9 Å². The maximum absolute atomic E-state index is 11.8. The largest absolute Gasteiger partial charge is 0.484 e. The highest BCUT2D eigenvalue weighted by Gasteiger charge is 2.08. The number of halogens is 1. The number of hydrogen-bond donors (Lipinski definition) is 2. The number of carbonyl (C=O) groups excluding carboxylic acids is 2. The summed E-state index contributed by atoms with van der Waals surface area (Å²) >= 11 is 3.36. The van der Waals surface area contributed by atoms with E-state index in [9.17, 15) is 9.59 Å². The molecule has 27 heavy (non-hydrogen) atoms. The van der Waals surface area contributed by atoms with Crippen LogP contribution in [0.1, 0.15) is 30.9 Å². The average Bonchev–Trinajstić information content (AvgIpc) is 2.64. The predicted octanol–water partition coefficient (Wildman–Crippen LogP) is 3.49. The lowest BCUT2D eigenvalue weighted by Crippen LogP contribution is -2.45. The molecule has 2 aromatic carbocycles. The summed E-state index contributed by atoms with van der Waals surface area (Å²) in [5.41, 5.74) is 6.68. The Kier molecular flexibility index (Phi) is 7.67. The van der Waals surface area contributed by atoms with E-state index >= 15 is 0 Å². The number of amides is 2. The first-order chi connectivity index (χ1) is 12.8. The number of benzene rings is 2. The van der Waals surface area contributed by atoms with E-state index in [2.05, 4.69) is 40.6 Å². The van der Waals surface area contributed by atoms with Crippen LogP contribution in [0.5, 0.6) is 11.5 Å². The van der Waals surface area contributed by atoms with Gasteiger partial charge in [0.2, 0.25) is 0 Å². The summed E-state index contributed by atoms with van der Waals surface area (Å²) in [6.45, 7) is 5.68. The van der Waals surface area contributed by atoms with E-state index in [1.165, 1.54) is 5.56 Å². The standard InChI is InChI=1S/C20H23BrN2O4/c1-13(2)15-4-7-17(8-5-15)26-11-19(24)22-23-20(25)12-27-18-9-6-16(21)10-14(18)3/h4-10,13H,11-12H2,1-3H3,(H,22,24)(H,23,25). The van der Waals surface area contributed by atoms with Crippen molar-refractivity contribution in [3.05, 3.63) is 58.1 Å². The van der Waals surface area contributed by atoms with E-state index in [-0.39, 0.29) is 13.2 Å². The second-order valence-corrected chi connectivity index (χ2v) is 7.22. The van der Waals surface area contributed by atoms with E-state index < -0.39 is 11.8 Å². The highest BCUT2D eigenvalue weighted by Crippen LogP contribution is 2.22. The molecule has 0 bridgehead atoms. The van der Waals surface area contributed by atoms with E-state index in [0.29, 0.717) is 17.4 Å². The van der Waals surface area contributed by atoms with Crippen molar-refractivity contribution in [2.75, 3.05) is 13.2 Å². The molecule has 7 heteroatoms. The van der Waals surface area contributed by atoms with E-state index in [1.54, 1.807) is 6.07 Å². The highest BCUT2D eigenvalue weighted by molar-refractivity contribution is 9.10. The van der Waals surface area contributed by atoms with Gasteiger partial charge in [0.25, 0.3) is 11.8 Å². The first-order valence-corrected chi connectivity index (χ1v) is 9.34. The molecule has 2 aromatic rings. The summed E-state index contributed by atoms with van der Waals surface area (Å²) in [6.07, 6.45) is 0. The smallest absolute Gasteiger partial charge is 0.276 e. The average molecular weight is 435 g/mol. The Morgan fingerprint density at radius 3 is 2.11 bits per heavy atom. The number of ether oxygens (including phenoxy) is 2. The highest BCUT2D eigenvalue weighted by atomic mass is 79.9. The van der Waals surface area contributed by atoms with Crippen molar-refractivity contribution in [2.45, 2.75) is 26.7 Å². The molecule has 0 unspecified atom stereocenters. The predicted molar refractivity (Wildman–Crippen MR) is 107 cm³/mol. The van der Waals surface area contributed by atoms with Crippen LogP contribution >= 0.6 is 15.9 Å². The molecule has 0 aliphatic carbocycles. The molecule has 6 nitrogen and oxygen atoms in total. The number of carbonyl (C=O) groups is 2. The minimum absolute atomic E-state index is 0.200. The number of hydrogen-bond acceptors (Lipinski definition) is 4. The fourth-order valence-corrected chi connectivity index (χ4v) is 2.70. The second-order valence-electron chi connectivity index (χ2n) is 6.31. The normalized spacial score (nSPS) is 10.4. The van der Waals surface area contributed by atoms with Gasteiger partial charge >= 0.3 is 0 Å². The molecule has 2 rings (SSSR count). The molecule has 0 saturated heterocycles. The Labute approximate surface area is 167 Å². The van der Waals surface area contributed by atoms with Gasteiger partial charge in [-0.3, -0.25) is 20.4 Å². The van der Waals surface area contributed by atoms with Gasteiger partial charge in [0, 0.05) is 4.47 Å². The molecule has 2 N–H and O–H groups in total. The Balaban J connectivity index is 1.69. The molecule has 0 radical (unpaired) electrons. The molecule has 2 amide bonds. The Hall–Kier alpha value is -2.54. The Bertz CT molecular complexity index is 791. The molecule has 0 fully saturated rings. The molecule has 0 spiro atoms. The van der Waals surface area contributed by atoms with Crippen LogP contribution in [0.25, 0.3) is 0 Å². The number of nitrogens with one attached hydrogen (secondary N) is 2. The number of aryl methyl sites for hydroxylation is 1. The first kappa shape index (κ1) is 20.8. The van der Waals surface area contributed by atoms with Crippen molar-refractivity contribution in [2.24, 2.45) is 0 Å². The van der Waals surface area contributed by atoms with Crippen LogP contribution in [0, 0.1) is 6.92 Å². The third-order valence-electron chi connectivity index (χ3n) is 3.75. The zero-order chi connectivity index (χ0) is 19.8. The van der Waals surface area contributed by atoms with Crippen LogP contribution in [0.3, 0.4) is 0 Å². The van der Waals surface area contributed by atoms with Gasteiger partial charge < -0.3 is 9.47 Å². The molecular formula is C20H23BrN2O4. The maximum atomic E-state index is 11.8. The van der Waals surface area contributed by atoms with Gasteiger partial charge in [-0.15, -0.1) is 0 Å². The zero-order valence-corrected chi connectivity index (χ0v) is 17.1. The third kappa shape index (κ3) is 6.94.